The highest BCUT2D eigenvalue weighted by atomic mass is 16.4. The fourth-order valence-corrected chi connectivity index (χ4v) is 2.58. The van der Waals surface area contributed by atoms with Crippen molar-refractivity contribution in [2.24, 2.45) is 5.73 Å². The molecule has 7 nitrogen and oxygen atoms in total. The number of benzene rings is 1. The van der Waals surface area contributed by atoms with Crippen molar-refractivity contribution >= 4 is 22.6 Å². The second-order valence-corrected chi connectivity index (χ2v) is 6.04. The van der Waals surface area contributed by atoms with Gasteiger partial charge in [0, 0.05) is 11.3 Å². The molecular formula is C17H21N5O2. The first-order chi connectivity index (χ1) is 11.5. The average molecular weight is 327 g/mol. The maximum atomic E-state index is 12.4. The predicted molar refractivity (Wildman–Crippen MR) is 92.8 cm³/mol. The van der Waals surface area contributed by atoms with Gasteiger partial charge in [-0.25, -0.2) is 4.98 Å². The highest BCUT2D eigenvalue weighted by Crippen LogP contribution is 2.20. The number of nitrogens with zero attached hydrogens (tertiary/aromatic N) is 2. The largest absolute Gasteiger partial charge is 0.454 e. The number of aromatic nitrogens is 2. The van der Waals surface area contributed by atoms with Gasteiger partial charge < -0.3 is 25.4 Å². The quantitative estimate of drug-likeness (QED) is 0.667. The number of hydrogen-bond donors (Lipinski definition) is 3. The number of amides is 1. The number of furan rings is 1. The summed E-state index contributed by atoms with van der Waals surface area (Å²) >= 11 is 0. The van der Waals surface area contributed by atoms with E-state index in [0.29, 0.717) is 11.4 Å². The van der Waals surface area contributed by atoms with Crippen LogP contribution in [0.3, 0.4) is 0 Å². The van der Waals surface area contributed by atoms with Gasteiger partial charge in [-0.05, 0) is 45.3 Å². The van der Waals surface area contributed by atoms with Gasteiger partial charge in [0.1, 0.15) is 11.6 Å². The molecule has 2 heterocycles. The van der Waals surface area contributed by atoms with Crippen LogP contribution in [-0.2, 0) is 13.1 Å². The molecule has 4 N–H and O–H groups in total. The Balaban J connectivity index is 1.81. The lowest BCUT2D eigenvalue weighted by Crippen LogP contribution is -2.12. The molecule has 1 amide bonds. The second-order valence-electron chi connectivity index (χ2n) is 6.04. The molecule has 1 aromatic carbocycles. The number of H-pyrrole nitrogens is 1. The van der Waals surface area contributed by atoms with E-state index < -0.39 is 0 Å². The molecule has 0 aliphatic rings. The highest BCUT2D eigenvalue weighted by Gasteiger charge is 2.16. The minimum atomic E-state index is -0.292. The molecule has 2 aromatic heterocycles. The number of nitrogens with one attached hydrogen (secondary N) is 2. The van der Waals surface area contributed by atoms with Crippen molar-refractivity contribution in [2.45, 2.75) is 20.0 Å². The van der Waals surface area contributed by atoms with Crippen LogP contribution >= 0.6 is 0 Å². The zero-order valence-electron chi connectivity index (χ0n) is 14.0. The van der Waals surface area contributed by atoms with Crippen LogP contribution < -0.4 is 11.1 Å². The van der Waals surface area contributed by atoms with Crippen molar-refractivity contribution in [1.29, 1.82) is 0 Å². The zero-order chi connectivity index (χ0) is 17.3. The molecule has 0 unspecified atom stereocenters. The number of carbonyl (C=O) groups is 1. The number of imidazole rings is 1. The molecule has 0 aliphatic heterocycles. The molecule has 0 bridgehead atoms. The minimum Gasteiger partial charge on any atom is -0.454 e. The molecule has 0 aliphatic carbocycles. The first-order valence-electron chi connectivity index (χ1n) is 7.70. The summed E-state index contributed by atoms with van der Waals surface area (Å²) in [6.07, 6.45) is 0. The molecule has 0 fully saturated rings. The fourth-order valence-electron chi connectivity index (χ4n) is 2.58. The Morgan fingerprint density at radius 3 is 2.83 bits per heavy atom. The van der Waals surface area contributed by atoms with E-state index in [1.54, 1.807) is 6.07 Å². The molecule has 0 atom stereocenters. The van der Waals surface area contributed by atoms with Gasteiger partial charge in [0.2, 0.25) is 0 Å². The molecule has 24 heavy (non-hydrogen) atoms. The van der Waals surface area contributed by atoms with Gasteiger partial charge in [0.25, 0.3) is 5.91 Å². The van der Waals surface area contributed by atoms with E-state index in [1.165, 1.54) is 0 Å². The summed E-state index contributed by atoms with van der Waals surface area (Å²) in [5.74, 6) is 1.47. The third-order valence-electron chi connectivity index (χ3n) is 3.63. The lowest BCUT2D eigenvalue weighted by Gasteiger charge is -2.05. The first-order valence-corrected chi connectivity index (χ1v) is 7.70. The molecular weight excluding hydrogens is 306 g/mol. The molecule has 0 radical (unpaired) electrons. The number of hydrogen-bond acceptors (Lipinski definition) is 5. The van der Waals surface area contributed by atoms with Crippen LogP contribution in [0.5, 0.6) is 0 Å². The number of nitrogens with two attached hydrogens (primary N) is 1. The predicted octanol–water partition coefficient (Wildman–Crippen LogP) is 2.24. The molecule has 0 saturated carbocycles. The Morgan fingerprint density at radius 2 is 2.17 bits per heavy atom. The standard InChI is InChI=1S/C17H21N5O2/c1-10-6-12(8-18)24-16(10)17(23)19-11-4-5-13-14(7-11)21-15(20-13)9-22(2)3/h4-7H,8-9,18H2,1-3H3,(H,19,23)(H,20,21). The number of anilines is 1. The van der Waals surface area contributed by atoms with Crippen molar-refractivity contribution in [3.8, 4) is 0 Å². The number of aromatic amines is 1. The van der Waals surface area contributed by atoms with Gasteiger partial charge in [-0.1, -0.05) is 0 Å². The topological polar surface area (TPSA) is 100 Å². The van der Waals surface area contributed by atoms with Gasteiger partial charge in [0.15, 0.2) is 5.76 Å². The smallest absolute Gasteiger partial charge is 0.291 e. The summed E-state index contributed by atoms with van der Waals surface area (Å²) in [4.78, 5) is 22.2. The number of aryl methyl sites for hydroxylation is 1. The van der Waals surface area contributed by atoms with Crippen LogP contribution in [0.25, 0.3) is 11.0 Å². The minimum absolute atomic E-state index is 0.267. The monoisotopic (exact) mass is 327 g/mol. The van der Waals surface area contributed by atoms with Crippen LogP contribution in [0.2, 0.25) is 0 Å². The second kappa shape index (κ2) is 6.46. The molecule has 7 heteroatoms. The van der Waals surface area contributed by atoms with E-state index in [2.05, 4.69) is 15.3 Å². The molecule has 3 rings (SSSR count). The van der Waals surface area contributed by atoms with Crippen LogP contribution in [0.15, 0.2) is 28.7 Å². The lowest BCUT2D eigenvalue weighted by atomic mass is 10.2. The number of rotatable bonds is 5. The van der Waals surface area contributed by atoms with Crippen molar-refractivity contribution < 1.29 is 9.21 Å². The van der Waals surface area contributed by atoms with E-state index in [0.717, 1.165) is 29.0 Å². The Labute approximate surface area is 139 Å². The Morgan fingerprint density at radius 1 is 1.38 bits per heavy atom. The van der Waals surface area contributed by atoms with E-state index in [1.807, 2.05) is 44.1 Å². The lowest BCUT2D eigenvalue weighted by molar-refractivity contribution is 0.0994. The van der Waals surface area contributed by atoms with Gasteiger partial charge in [0.05, 0.1) is 24.1 Å². The molecule has 3 aromatic rings. The Bertz CT molecular complexity index is 878. The van der Waals surface area contributed by atoms with Crippen LogP contribution in [0, 0.1) is 6.92 Å². The maximum absolute atomic E-state index is 12.4. The average Bonchev–Trinajstić information content (AvgIpc) is 3.08. The summed E-state index contributed by atoms with van der Waals surface area (Å²) < 4.78 is 5.47. The van der Waals surface area contributed by atoms with E-state index in [4.69, 9.17) is 10.2 Å². The third-order valence-corrected chi connectivity index (χ3v) is 3.63. The number of carbonyl (C=O) groups excluding carboxylic acids is 1. The van der Waals surface area contributed by atoms with Gasteiger partial charge >= 0.3 is 0 Å². The van der Waals surface area contributed by atoms with Crippen molar-refractivity contribution in [2.75, 3.05) is 19.4 Å². The molecule has 0 saturated heterocycles. The summed E-state index contributed by atoms with van der Waals surface area (Å²) in [6, 6.07) is 7.34. The van der Waals surface area contributed by atoms with Crippen LogP contribution in [0.1, 0.15) is 27.7 Å². The summed E-state index contributed by atoms with van der Waals surface area (Å²) in [7, 11) is 3.97. The van der Waals surface area contributed by atoms with E-state index in [-0.39, 0.29) is 18.2 Å². The van der Waals surface area contributed by atoms with Crippen molar-refractivity contribution in [3.05, 3.63) is 47.2 Å². The number of fused-ring (bicyclic) bond motifs is 1. The highest BCUT2D eigenvalue weighted by molar-refractivity contribution is 6.04. The van der Waals surface area contributed by atoms with Crippen molar-refractivity contribution in [3.63, 3.8) is 0 Å². The summed E-state index contributed by atoms with van der Waals surface area (Å²) in [5, 5.41) is 2.85. The SMILES string of the molecule is Cc1cc(CN)oc1C(=O)Nc1ccc2nc(CN(C)C)[nH]c2c1. The summed E-state index contributed by atoms with van der Waals surface area (Å²) in [5.41, 5.74) is 8.73. The molecule has 126 valence electrons. The normalized spacial score (nSPS) is 11.4. The van der Waals surface area contributed by atoms with E-state index >= 15 is 0 Å². The molecule has 0 spiro atoms. The van der Waals surface area contributed by atoms with Gasteiger partial charge in [-0.2, -0.15) is 0 Å². The first kappa shape index (κ1) is 16.2. The van der Waals surface area contributed by atoms with Crippen molar-refractivity contribution in [1.82, 2.24) is 14.9 Å². The van der Waals surface area contributed by atoms with Crippen LogP contribution in [0.4, 0.5) is 5.69 Å². The third kappa shape index (κ3) is 3.32. The maximum Gasteiger partial charge on any atom is 0.291 e. The van der Waals surface area contributed by atoms with Crippen LogP contribution in [-0.4, -0.2) is 34.9 Å². The van der Waals surface area contributed by atoms with E-state index in [9.17, 15) is 4.79 Å². The Hall–Kier alpha value is -2.64. The van der Waals surface area contributed by atoms with Gasteiger partial charge in [-0.3, -0.25) is 4.79 Å². The fraction of sp³-hybridized carbons (Fsp3) is 0.294. The summed E-state index contributed by atoms with van der Waals surface area (Å²) in [6.45, 7) is 2.82. The Kier molecular flexibility index (Phi) is 4.37. The zero-order valence-corrected chi connectivity index (χ0v) is 14.0. The van der Waals surface area contributed by atoms with Gasteiger partial charge in [-0.15, -0.1) is 0 Å².